The van der Waals surface area contributed by atoms with Gasteiger partial charge in [-0.25, -0.2) is 13.8 Å². The Hall–Kier alpha value is -3.00. The second-order valence-corrected chi connectivity index (χ2v) is 9.92. The summed E-state index contributed by atoms with van der Waals surface area (Å²) in [5.74, 6) is -2.41. The molecule has 0 radical (unpaired) electrons. The maximum atomic E-state index is 14.7. The molecule has 1 aliphatic carbocycles. The molecule has 1 aromatic carbocycles. The molecule has 0 spiro atoms. The molecule has 1 N–H and O–H groups in total. The molecule has 3 aromatic rings. The van der Waals surface area contributed by atoms with Crippen molar-refractivity contribution < 1.29 is 23.5 Å². The van der Waals surface area contributed by atoms with E-state index in [-0.39, 0.29) is 29.9 Å². The van der Waals surface area contributed by atoms with E-state index in [0.29, 0.717) is 44.4 Å². The summed E-state index contributed by atoms with van der Waals surface area (Å²) in [6.45, 7) is 1.09. The largest absolute Gasteiger partial charge is 0.481 e. The van der Waals surface area contributed by atoms with E-state index in [1.807, 2.05) is 21.6 Å². The normalized spacial score (nSPS) is 20.1. The third kappa shape index (κ3) is 4.51. The van der Waals surface area contributed by atoms with Crippen molar-refractivity contribution in [1.29, 1.82) is 0 Å². The van der Waals surface area contributed by atoms with Crippen molar-refractivity contribution in [2.75, 3.05) is 6.54 Å². The number of halogens is 3. The molecule has 2 aliphatic rings. The standard InChI is InChI=1S/C26H26ClF2N3O3/c27-23-20(28)8-7-17(24(23)29)13-32-21-14-31(11-9-18(21)19-2-1-10-30-25(19)32)22(33)12-15-3-5-16(6-4-15)26(34)35/h1-2,7-8,10,15-16H,3-6,9,11-14H2,(H,34,35). The molecule has 2 aromatic heterocycles. The van der Waals surface area contributed by atoms with Crippen LogP contribution in [0.4, 0.5) is 8.78 Å². The molecule has 35 heavy (non-hydrogen) atoms. The van der Waals surface area contributed by atoms with Crippen LogP contribution in [0.2, 0.25) is 5.02 Å². The van der Waals surface area contributed by atoms with Gasteiger partial charge in [-0.1, -0.05) is 17.7 Å². The van der Waals surface area contributed by atoms with Gasteiger partial charge < -0.3 is 14.6 Å². The van der Waals surface area contributed by atoms with Gasteiger partial charge in [-0.2, -0.15) is 0 Å². The number of carboxylic acids is 1. The average Bonchev–Trinajstić information content (AvgIpc) is 3.17. The van der Waals surface area contributed by atoms with Gasteiger partial charge in [0.1, 0.15) is 22.3 Å². The molecular formula is C26H26ClF2N3O3. The highest BCUT2D eigenvalue weighted by Crippen LogP contribution is 2.34. The summed E-state index contributed by atoms with van der Waals surface area (Å²) < 4.78 is 30.3. The van der Waals surface area contributed by atoms with Gasteiger partial charge in [-0.15, -0.1) is 0 Å². The lowest BCUT2D eigenvalue weighted by Gasteiger charge is -2.31. The molecule has 1 fully saturated rings. The number of hydrogen-bond donors (Lipinski definition) is 1. The summed E-state index contributed by atoms with van der Waals surface area (Å²) in [6.07, 6.45) is 5.46. The first-order valence-electron chi connectivity index (χ1n) is 11.9. The van der Waals surface area contributed by atoms with E-state index in [9.17, 15) is 23.5 Å². The van der Waals surface area contributed by atoms with Crippen LogP contribution >= 0.6 is 11.6 Å². The van der Waals surface area contributed by atoms with E-state index in [1.165, 1.54) is 6.07 Å². The molecule has 1 saturated carbocycles. The van der Waals surface area contributed by atoms with Crippen LogP contribution in [0, 0.1) is 23.5 Å². The number of benzene rings is 1. The van der Waals surface area contributed by atoms with Crippen molar-refractivity contribution in [3.63, 3.8) is 0 Å². The van der Waals surface area contributed by atoms with Crippen LogP contribution in [0.1, 0.15) is 48.9 Å². The Kier molecular flexibility index (Phi) is 6.49. The van der Waals surface area contributed by atoms with Gasteiger partial charge in [0.2, 0.25) is 5.91 Å². The summed E-state index contributed by atoms with van der Waals surface area (Å²) in [6, 6.07) is 6.37. The molecule has 0 unspecified atom stereocenters. The third-order valence-electron chi connectivity index (χ3n) is 7.47. The quantitative estimate of drug-likeness (QED) is 0.489. The van der Waals surface area contributed by atoms with E-state index < -0.39 is 22.6 Å². The average molecular weight is 502 g/mol. The Bertz CT molecular complexity index is 1300. The maximum absolute atomic E-state index is 14.7. The molecule has 184 valence electrons. The van der Waals surface area contributed by atoms with E-state index in [2.05, 4.69) is 4.98 Å². The van der Waals surface area contributed by atoms with Crippen LogP contribution in [0.5, 0.6) is 0 Å². The number of fused-ring (bicyclic) bond motifs is 3. The fourth-order valence-corrected chi connectivity index (χ4v) is 5.68. The van der Waals surface area contributed by atoms with Crippen molar-refractivity contribution in [3.8, 4) is 0 Å². The Balaban J connectivity index is 1.39. The Morgan fingerprint density at radius 3 is 2.66 bits per heavy atom. The van der Waals surface area contributed by atoms with E-state index in [0.717, 1.165) is 35.6 Å². The summed E-state index contributed by atoms with van der Waals surface area (Å²) >= 11 is 5.81. The van der Waals surface area contributed by atoms with Crippen molar-refractivity contribution in [3.05, 3.63) is 63.9 Å². The number of carboxylic acid groups (broad SMARTS) is 1. The van der Waals surface area contributed by atoms with E-state index >= 15 is 0 Å². The van der Waals surface area contributed by atoms with E-state index in [1.54, 1.807) is 6.20 Å². The molecule has 0 bridgehead atoms. The molecule has 5 rings (SSSR count). The van der Waals surface area contributed by atoms with Gasteiger partial charge in [0.15, 0.2) is 0 Å². The van der Waals surface area contributed by atoms with Gasteiger partial charge in [-0.05, 0) is 61.8 Å². The smallest absolute Gasteiger partial charge is 0.306 e. The van der Waals surface area contributed by atoms with Gasteiger partial charge in [0, 0.05) is 35.8 Å². The molecule has 9 heteroatoms. The number of rotatable bonds is 5. The highest BCUT2D eigenvalue weighted by Gasteiger charge is 2.31. The first-order valence-corrected chi connectivity index (χ1v) is 12.3. The molecular weight excluding hydrogens is 476 g/mol. The molecule has 3 heterocycles. The summed E-state index contributed by atoms with van der Waals surface area (Å²) in [5, 5.41) is 9.64. The topological polar surface area (TPSA) is 75.4 Å². The Labute approximate surface area is 206 Å². The number of hydrogen-bond acceptors (Lipinski definition) is 3. The number of carbonyl (C=O) groups is 2. The van der Waals surface area contributed by atoms with Crippen LogP contribution in [0.25, 0.3) is 11.0 Å². The highest BCUT2D eigenvalue weighted by atomic mass is 35.5. The minimum absolute atomic E-state index is 0.0511. The molecule has 0 atom stereocenters. The molecule has 6 nitrogen and oxygen atoms in total. The number of nitrogens with zero attached hydrogens (tertiary/aromatic N) is 3. The first-order chi connectivity index (χ1) is 16.8. The van der Waals surface area contributed by atoms with Gasteiger partial charge in [0.05, 0.1) is 19.0 Å². The minimum Gasteiger partial charge on any atom is -0.481 e. The first kappa shape index (κ1) is 23.7. The molecule has 0 saturated heterocycles. The van der Waals surface area contributed by atoms with Crippen molar-refractivity contribution in [2.45, 2.75) is 51.6 Å². The third-order valence-corrected chi connectivity index (χ3v) is 7.82. The highest BCUT2D eigenvalue weighted by molar-refractivity contribution is 6.30. The lowest BCUT2D eigenvalue weighted by atomic mass is 9.80. The minimum atomic E-state index is -0.806. The Morgan fingerprint density at radius 1 is 1.14 bits per heavy atom. The second-order valence-electron chi connectivity index (χ2n) is 9.55. The summed E-state index contributed by atoms with van der Waals surface area (Å²) in [5.41, 5.74) is 2.93. The predicted octanol–water partition coefficient (Wildman–Crippen LogP) is 5.18. The second kappa shape index (κ2) is 9.57. The number of aliphatic carboxylic acids is 1. The van der Waals surface area contributed by atoms with Crippen LogP contribution in [-0.4, -0.2) is 38.0 Å². The number of aromatic nitrogens is 2. The summed E-state index contributed by atoms with van der Waals surface area (Å²) in [4.78, 5) is 30.7. The number of amides is 1. The van der Waals surface area contributed by atoms with E-state index in [4.69, 9.17) is 11.6 Å². The fourth-order valence-electron chi connectivity index (χ4n) is 5.49. The number of pyridine rings is 1. The van der Waals surface area contributed by atoms with Crippen LogP contribution in [0.3, 0.4) is 0 Å². The predicted molar refractivity (Wildman–Crippen MR) is 127 cm³/mol. The lowest BCUT2D eigenvalue weighted by molar-refractivity contribution is -0.143. The zero-order chi connectivity index (χ0) is 24.7. The lowest BCUT2D eigenvalue weighted by Crippen LogP contribution is -2.38. The zero-order valence-corrected chi connectivity index (χ0v) is 19.9. The monoisotopic (exact) mass is 501 g/mol. The van der Waals surface area contributed by atoms with Crippen LogP contribution < -0.4 is 0 Å². The van der Waals surface area contributed by atoms with Gasteiger partial charge in [0.25, 0.3) is 0 Å². The van der Waals surface area contributed by atoms with Crippen LogP contribution in [-0.2, 0) is 29.1 Å². The number of carbonyl (C=O) groups excluding carboxylic acids is 1. The Morgan fingerprint density at radius 2 is 1.91 bits per heavy atom. The van der Waals surface area contributed by atoms with Gasteiger partial charge >= 0.3 is 5.97 Å². The van der Waals surface area contributed by atoms with Crippen molar-refractivity contribution in [2.24, 2.45) is 11.8 Å². The van der Waals surface area contributed by atoms with Gasteiger partial charge in [-0.3, -0.25) is 9.59 Å². The van der Waals surface area contributed by atoms with Crippen LogP contribution in [0.15, 0.2) is 30.5 Å². The molecule has 1 aliphatic heterocycles. The zero-order valence-electron chi connectivity index (χ0n) is 19.1. The SMILES string of the molecule is O=C(O)C1CCC(CC(=O)N2CCc3c(n(Cc4ccc(F)c(Cl)c4F)c4ncccc34)C2)CC1. The maximum Gasteiger partial charge on any atom is 0.306 e. The molecule has 1 amide bonds. The van der Waals surface area contributed by atoms with Crippen molar-refractivity contribution in [1.82, 2.24) is 14.5 Å². The summed E-state index contributed by atoms with van der Waals surface area (Å²) in [7, 11) is 0. The van der Waals surface area contributed by atoms with Crippen molar-refractivity contribution >= 4 is 34.5 Å². The fraction of sp³-hybridized carbons (Fsp3) is 0.423.